The highest BCUT2D eigenvalue weighted by atomic mass is 32.1. The molecule has 1 N–H and O–H groups in total. The summed E-state index contributed by atoms with van der Waals surface area (Å²) in [5, 5.41) is 7.74. The molecular formula is C17H27N3O2S. The second-order valence-corrected chi connectivity index (χ2v) is 6.70. The van der Waals surface area contributed by atoms with E-state index >= 15 is 0 Å². The van der Waals surface area contributed by atoms with E-state index in [-0.39, 0.29) is 11.9 Å². The second-order valence-electron chi connectivity index (χ2n) is 5.92. The van der Waals surface area contributed by atoms with Crippen molar-refractivity contribution < 1.29 is 9.53 Å². The van der Waals surface area contributed by atoms with E-state index in [9.17, 15) is 4.79 Å². The molecule has 0 aromatic carbocycles. The summed E-state index contributed by atoms with van der Waals surface area (Å²) < 4.78 is 5.17. The Labute approximate surface area is 142 Å². The quantitative estimate of drug-likeness (QED) is 0.510. The molecule has 0 aliphatic carbocycles. The molecule has 0 bridgehead atoms. The van der Waals surface area contributed by atoms with E-state index in [0.717, 1.165) is 31.9 Å². The number of carbonyl (C=O) groups excluding carboxylic acids is 1. The number of thiophene rings is 1. The summed E-state index contributed by atoms with van der Waals surface area (Å²) in [5.74, 6) is 1.18. The first-order chi connectivity index (χ1) is 11.2. The number of hydrogen-bond donors (Lipinski definition) is 1. The Bertz CT molecular complexity index is 516. The van der Waals surface area contributed by atoms with Crippen LogP contribution in [0.3, 0.4) is 0 Å². The lowest BCUT2D eigenvalue weighted by molar-refractivity contribution is -0.149. The summed E-state index contributed by atoms with van der Waals surface area (Å²) in [6.07, 6.45) is 1.89. The van der Waals surface area contributed by atoms with Crippen molar-refractivity contribution in [2.45, 2.75) is 32.6 Å². The molecule has 1 aliphatic rings. The monoisotopic (exact) mass is 337 g/mol. The molecule has 1 aromatic heterocycles. The number of ether oxygens (including phenoxy) is 1. The number of carbonyl (C=O) groups is 1. The van der Waals surface area contributed by atoms with Crippen LogP contribution >= 0.6 is 11.3 Å². The van der Waals surface area contributed by atoms with Crippen LogP contribution in [-0.2, 0) is 9.53 Å². The Morgan fingerprint density at radius 1 is 1.61 bits per heavy atom. The minimum Gasteiger partial charge on any atom is -0.466 e. The molecular weight excluding hydrogens is 310 g/mol. The predicted molar refractivity (Wildman–Crippen MR) is 95.0 cm³/mol. The topological polar surface area (TPSA) is 53.9 Å². The van der Waals surface area contributed by atoms with Gasteiger partial charge in [0.2, 0.25) is 0 Å². The molecule has 2 unspecified atom stereocenters. The van der Waals surface area contributed by atoms with E-state index in [2.05, 4.69) is 39.0 Å². The fraction of sp³-hybridized carbons (Fsp3) is 0.647. The number of guanidine groups is 1. The van der Waals surface area contributed by atoms with Crippen molar-refractivity contribution in [2.75, 3.05) is 33.3 Å². The highest BCUT2D eigenvalue weighted by Gasteiger charge is 2.28. The van der Waals surface area contributed by atoms with Gasteiger partial charge in [0.05, 0.1) is 12.5 Å². The van der Waals surface area contributed by atoms with Crippen molar-refractivity contribution in [2.24, 2.45) is 10.9 Å². The molecule has 128 valence electrons. The van der Waals surface area contributed by atoms with Crippen molar-refractivity contribution in [3.8, 4) is 0 Å². The van der Waals surface area contributed by atoms with Gasteiger partial charge in [-0.3, -0.25) is 9.79 Å². The standard InChI is InChI=1S/C17H27N3O2S/c1-4-22-16(21)14-6-5-8-20(11-14)17(18-3)19-10-13(2)15-7-9-23-12-15/h7,9,12-14H,4-6,8,10-11H2,1-3H3,(H,18,19). The van der Waals surface area contributed by atoms with Gasteiger partial charge >= 0.3 is 5.97 Å². The molecule has 2 atom stereocenters. The Hall–Kier alpha value is -1.56. The van der Waals surface area contributed by atoms with Crippen LogP contribution in [0.2, 0.25) is 0 Å². The fourth-order valence-corrected chi connectivity index (χ4v) is 3.65. The van der Waals surface area contributed by atoms with Crippen LogP contribution in [0.25, 0.3) is 0 Å². The number of likely N-dealkylation sites (tertiary alicyclic amines) is 1. The molecule has 1 saturated heterocycles. The van der Waals surface area contributed by atoms with Crippen LogP contribution < -0.4 is 5.32 Å². The maximum absolute atomic E-state index is 12.0. The van der Waals surface area contributed by atoms with Crippen LogP contribution in [0.1, 0.15) is 38.2 Å². The Kier molecular flexibility index (Phi) is 6.89. The Morgan fingerprint density at radius 3 is 3.09 bits per heavy atom. The van der Waals surface area contributed by atoms with E-state index in [1.54, 1.807) is 18.4 Å². The Morgan fingerprint density at radius 2 is 2.43 bits per heavy atom. The lowest BCUT2D eigenvalue weighted by atomic mass is 9.98. The van der Waals surface area contributed by atoms with Gasteiger partial charge < -0.3 is 15.0 Å². The molecule has 6 heteroatoms. The average Bonchev–Trinajstić information content (AvgIpc) is 3.10. The van der Waals surface area contributed by atoms with Crippen molar-refractivity contribution in [3.05, 3.63) is 22.4 Å². The van der Waals surface area contributed by atoms with Gasteiger partial charge in [0.25, 0.3) is 0 Å². The maximum atomic E-state index is 12.0. The van der Waals surface area contributed by atoms with Crippen molar-refractivity contribution in [1.29, 1.82) is 0 Å². The summed E-state index contributed by atoms with van der Waals surface area (Å²) >= 11 is 1.72. The van der Waals surface area contributed by atoms with Crippen molar-refractivity contribution in [3.63, 3.8) is 0 Å². The lowest BCUT2D eigenvalue weighted by Gasteiger charge is -2.34. The zero-order valence-electron chi connectivity index (χ0n) is 14.2. The third-order valence-corrected chi connectivity index (χ3v) is 4.93. The van der Waals surface area contributed by atoms with Crippen LogP contribution in [0, 0.1) is 5.92 Å². The van der Waals surface area contributed by atoms with Crippen molar-refractivity contribution in [1.82, 2.24) is 10.2 Å². The van der Waals surface area contributed by atoms with Crippen LogP contribution in [0.15, 0.2) is 21.8 Å². The van der Waals surface area contributed by atoms with Gasteiger partial charge in [-0.05, 0) is 48.1 Å². The number of aliphatic imine (C=N–C) groups is 1. The molecule has 0 amide bonds. The summed E-state index contributed by atoms with van der Waals surface area (Å²) in [6, 6.07) is 2.16. The van der Waals surface area contributed by atoms with Crippen LogP contribution in [0.4, 0.5) is 0 Å². The first-order valence-corrected chi connectivity index (χ1v) is 9.24. The number of piperidine rings is 1. The van der Waals surface area contributed by atoms with Gasteiger partial charge in [0.15, 0.2) is 5.96 Å². The van der Waals surface area contributed by atoms with E-state index in [4.69, 9.17) is 4.74 Å². The molecule has 1 fully saturated rings. The number of esters is 1. The second kappa shape index (κ2) is 8.91. The van der Waals surface area contributed by atoms with Crippen molar-refractivity contribution >= 4 is 23.3 Å². The molecule has 0 radical (unpaired) electrons. The SMILES string of the molecule is CCOC(=O)C1CCCN(C(=NC)NCC(C)c2ccsc2)C1. The fourth-order valence-electron chi connectivity index (χ4n) is 2.87. The molecule has 23 heavy (non-hydrogen) atoms. The molecule has 1 aliphatic heterocycles. The van der Waals surface area contributed by atoms with Crippen LogP contribution in [-0.4, -0.2) is 50.1 Å². The smallest absolute Gasteiger partial charge is 0.310 e. The van der Waals surface area contributed by atoms with Gasteiger partial charge in [-0.1, -0.05) is 6.92 Å². The minimum absolute atomic E-state index is 0.0449. The first-order valence-electron chi connectivity index (χ1n) is 8.30. The highest BCUT2D eigenvalue weighted by molar-refractivity contribution is 7.07. The third kappa shape index (κ3) is 4.96. The predicted octanol–water partition coefficient (Wildman–Crippen LogP) is 2.70. The lowest BCUT2D eigenvalue weighted by Crippen LogP contribution is -2.48. The molecule has 1 aromatic rings. The van der Waals surface area contributed by atoms with Crippen LogP contribution in [0.5, 0.6) is 0 Å². The van der Waals surface area contributed by atoms with Gasteiger partial charge in [-0.2, -0.15) is 11.3 Å². The van der Waals surface area contributed by atoms with Gasteiger partial charge in [0.1, 0.15) is 0 Å². The Balaban J connectivity index is 1.88. The average molecular weight is 337 g/mol. The minimum atomic E-state index is -0.0840. The number of hydrogen-bond acceptors (Lipinski definition) is 4. The summed E-state index contributed by atoms with van der Waals surface area (Å²) in [6.45, 7) is 6.96. The zero-order valence-corrected chi connectivity index (χ0v) is 15.1. The summed E-state index contributed by atoms with van der Waals surface area (Å²) in [4.78, 5) is 18.5. The molecule has 0 spiro atoms. The third-order valence-electron chi connectivity index (χ3n) is 4.23. The van der Waals surface area contributed by atoms with E-state index in [1.807, 2.05) is 6.92 Å². The number of nitrogens with zero attached hydrogens (tertiary/aromatic N) is 2. The molecule has 2 heterocycles. The number of nitrogens with one attached hydrogen (secondary N) is 1. The number of rotatable bonds is 5. The molecule has 5 nitrogen and oxygen atoms in total. The maximum Gasteiger partial charge on any atom is 0.310 e. The van der Waals surface area contributed by atoms with Gasteiger partial charge in [-0.15, -0.1) is 0 Å². The normalized spacial score (nSPS) is 20.2. The van der Waals surface area contributed by atoms with E-state index < -0.39 is 0 Å². The largest absolute Gasteiger partial charge is 0.466 e. The van der Waals surface area contributed by atoms with E-state index in [0.29, 0.717) is 19.1 Å². The van der Waals surface area contributed by atoms with E-state index in [1.165, 1.54) is 5.56 Å². The first kappa shape index (κ1) is 17.8. The molecule has 2 rings (SSSR count). The highest BCUT2D eigenvalue weighted by Crippen LogP contribution is 2.19. The van der Waals surface area contributed by atoms with Gasteiger partial charge in [-0.25, -0.2) is 0 Å². The molecule has 0 saturated carbocycles. The van der Waals surface area contributed by atoms with Gasteiger partial charge in [0, 0.05) is 26.7 Å². The zero-order chi connectivity index (χ0) is 16.7. The summed E-state index contributed by atoms with van der Waals surface area (Å²) in [5.41, 5.74) is 1.35. The summed E-state index contributed by atoms with van der Waals surface area (Å²) in [7, 11) is 1.80.